The average molecular weight is 447 g/mol. The molecular formula is C23H22FN7O2. The van der Waals surface area contributed by atoms with E-state index in [1.807, 2.05) is 19.1 Å². The molecule has 9 nitrogen and oxygen atoms in total. The molecule has 1 aliphatic heterocycles. The van der Waals surface area contributed by atoms with E-state index in [1.165, 1.54) is 15.7 Å². The summed E-state index contributed by atoms with van der Waals surface area (Å²) in [5.41, 5.74) is 4.05. The van der Waals surface area contributed by atoms with E-state index < -0.39 is 0 Å². The molecule has 0 N–H and O–H groups in total. The van der Waals surface area contributed by atoms with Crippen molar-refractivity contribution in [3.63, 3.8) is 0 Å². The van der Waals surface area contributed by atoms with E-state index >= 15 is 0 Å². The van der Waals surface area contributed by atoms with E-state index in [-0.39, 0.29) is 11.9 Å². The van der Waals surface area contributed by atoms with Crippen molar-refractivity contribution in [3.8, 4) is 11.4 Å². The number of halogens is 1. The zero-order valence-corrected chi connectivity index (χ0v) is 18.0. The fourth-order valence-electron chi connectivity index (χ4n) is 4.23. The van der Waals surface area contributed by atoms with Crippen molar-refractivity contribution in [2.45, 2.75) is 19.4 Å². The van der Waals surface area contributed by atoms with Crippen LogP contribution in [0.4, 0.5) is 10.1 Å². The number of benzene rings is 2. The maximum atomic E-state index is 14.8. The molecule has 1 fully saturated rings. The zero-order chi connectivity index (χ0) is 22.8. The summed E-state index contributed by atoms with van der Waals surface area (Å²) < 4.78 is 20.6. The number of morpholine rings is 1. The third-order valence-electron chi connectivity index (χ3n) is 5.68. The van der Waals surface area contributed by atoms with Crippen LogP contribution < -0.4 is 4.90 Å². The molecule has 10 heteroatoms. The summed E-state index contributed by atoms with van der Waals surface area (Å²) in [6.45, 7) is 3.46. The number of aryl methyl sites for hydroxylation is 1. The lowest BCUT2D eigenvalue weighted by molar-refractivity contribution is 0.0938. The molecule has 0 aliphatic carbocycles. The van der Waals surface area contributed by atoms with E-state index in [9.17, 15) is 9.18 Å². The lowest BCUT2D eigenvalue weighted by atomic mass is 10.0. The molecule has 5 rings (SSSR count). The van der Waals surface area contributed by atoms with E-state index in [0.29, 0.717) is 48.7 Å². The molecule has 1 saturated heterocycles. The van der Waals surface area contributed by atoms with Gasteiger partial charge in [0.1, 0.15) is 11.5 Å². The van der Waals surface area contributed by atoms with Crippen LogP contribution in [0.15, 0.2) is 55.1 Å². The predicted octanol–water partition coefficient (Wildman–Crippen LogP) is 2.56. The van der Waals surface area contributed by atoms with Gasteiger partial charge in [0.2, 0.25) is 0 Å². The number of hydrogen-bond acceptors (Lipinski definition) is 7. The number of carbonyl (C=O) groups excluding carboxylic acids is 1. The van der Waals surface area contributed by atoms with Gasteiger partial charge in [0, 0.05) is 12.1 Å². The van der Waals surface area contributed by atoms with Crippen molar-refractivity contribution < 1.29 is 13.9 Å². The Balaban J connectivity index is 1.54. The molecule has 168 valence electrons. The molecule has 0 amide bonds. The molecule has 3 heterocycles. The number of anilines is 1. The minimum absolute atomic E-state index is 0.162. The highest BCUT2D eigenvalue weighted by Crippen LogP contribution is 2.32. The summed E-state index contributed by atoms with van der Waals surface area (Å²) in [5.74, 6) is -0.303. The molecule has 1 atom stereocenters. The summed E-state index contributed by atoms with van der Waals surface area (Å²) in [5, 5.41) is 16.8. The van der Waals surface area contributed by atoms with Crippen molar-refractivity contribution in [2.24, 2.45) is 0 Å². The normalized spacial score (nSPS) is 16.2. The van der Waals surface area contributed by atoms with Gasteiger partial charge < -0.3 is 9.64 Å². The van der Waals surface area contributed by atoms with Gasteiger partial charge in [-0.1, -0.05) is 0 Å². The number of hydrogen-bond donors (Lipinski definition) is 0. The second-order valence-corrected chi connectivity index (χ2v) is 7.88. The van der Waals surface area contributed by atoms with Crippen LogP contribution in [0, 0.1) is 12.7 Å². The largest absolute Gasteiger partial charge is 0.377 e. The maximum Gasteiger partial charge on any atom is 0.152 e. The quantitative estimate of drug-likeness (QED) is 0.420. The van der Waals surface area contributed by atoms with E-state index in [2.05, 4.69) is 25.3 Å². The maximum absolute atomic E-state index is 14.8. The monoisotopic (exact) mass is 447 g/mol. The Morgan fingerprint density at radius 2 is 1.79 bits per heavy atom. The SMILES string of the molecule is Cc1cc(C=O)c(-n2nccn2)c(N2CCOC[C@H]2Cc2cc(-n3nccn3)ccc2F)c1. The van der Waals surface area contributed by atoms with Crippen LogP contribution in [-0.4, -0.2) is 62.1 Å². The number of carbonyl (C=O) groups is 1. The van der Waals surface area contributed by atoms with Crippen LogP contribution in [0.25, 0.3) is 11.4 Å². The van der Waals surface area contributed by atoms with E-state index in [4.69, 9.17) is 4.74 Å². The van der Waals surface area contributed by atoms with Gasteiger partial charge in [0.15, 0.2) is 6.29 Å². The number of nitrogens with zero attached hydrogens (tertiary/aromatic N) is 7. The zero-order valence-electron chi connectivity index (χ0n) is 18.0. The molecule has 33 heavy (non-hydrogen) atoms. The van der Waals surface area contributed by atoms with Gasteiger partial charge in [-0.05, 0) is 54.8 Å². The van der Waals surface area contributed by atoms with Gasteiger partial charge in [0.25, 0.3) is 0 Å². The van der Waals surface area contributed by atoms with Crippen molar-refractivity contribution in [2.75, 3.05) is 24.7 Å². The lowest BCUT2D eigenvalue weighted by Gasteiger charge is -2.38. The first-order valence-electron chi connectivity index (χ1n) is 10.6. The standard InChI is InChI=1S/C23H22FN7O2/c1-16-10-18(14-32)23(31-27-6-7-28-31)22(11-16)29-8-9-33-15-20(29)13-17-12-19(2-3-21(17)24)30-25-4-5-26-30/h2-7,10-12,14,20H,8-9,13,15H2,1H3/t20-/m1/s1. The Bertz CT molecular complexity index is 1260. The Hall–Kier alpha value is -3.92. The first-order valence-corrected chi connectivity index (χ1v) is 10.6. The topological polar surface area (TPSA) is 91.0 Å². The molecule has 0 unspecified atom stereocenters. The summed E-state index contributed by atoms with van der Waals surface area (Å²) >= 11 is 0. The van der Waals surface area contributed by atoms with Crippen molar-refractivity contribution >= 4 is 12.0 Å². The summed E-state index contributed by atoms with van der Waals surface area (Å²) in [7, 11) is 0. The third kappa shape index (κ3) is 4.12. The van der Waals surface area contributed by atoms with Gasteiger partial charge in [-0.2, -0.15) is 25.2 Å². The number of ether oxygens (including phenoxy) is 1. The first-order chi connectivity index (χ1) is 16.1. The van der Waals surface area contributed by atoms with Crippen molar-refractivity contribution in [1.82, 2.24) is 30.0 Å². The second-order valence-electron chi connectivity index (χ2n) is 7.88. The Kier molecular flexibility index (Phi) is 5.66. The summed E-state index contributed by atoms with van der Waals surface area (Å²) in [4.78, 5) is 17.0. The van der Waals surface area contributed by atoms with Crippen LogP contribution in [0.1, 0.15) is 21.5 Å². The molecule has 2 aromatic heterocycles. The predicted molar refractivity (Wildman–Crippen MR) is 118 cm³/mol. The van der Waals surface area contributed by atoms with Crippen LogP contribution in [0.2, 0.25) is 0 Å². The number of rotatable bonds is 6. The highest BCUT2D eigenvalue weighted by atomic mass is 19.1. The molecular weight excluding hydrogens is 425 g/mol. The van der Waals surface area contributed by atoms with Crippen LogP contribution in [0.5, 0.6) is 0 Å². The minimum atomic E-state index is -0.303. The Labute approximate surface area is 189 Å². The van der Waals surface area contributed by atoms with Gasteiger partial charge >= 0.3 is 0 Å². The summed E-state index contributed by atoms with van der Waals surface area (Å²) in [6.07, 6.45) is 7.50. The third-order valence-corrected chi connectivity index (χ3v) is 5.68. The molecule has 1 aliphatic rings. The highest BCUT2D eigenvalue weighted by Gasteiger charge is 2.28. The fraction of sp³-hybridized carbons (Fsp3) is 0.261. The minimum Gasteiger partial charge on any atom is -0.377 e. The van der Waals surface area contributed by atoms with Crippen molar-refractivity contribution in [3.05, 3.63) is 77.6 Å². The number of aldehydes is 1. The second kappa shape index (κ2) is 8.91. The van der Waals surface area contributed by atoms with Crippen LogP contribution in [-0.2, 0) is 11.2 Å². The van der Waals surface area contributed by atoms with Gasteiger partial charge in [0.05, 0.1) is 55.4 Å². The molecule has 4 aromatic rings. The first kappa shape index (κ1) is 21.0. The van der Waals surface area contributed by atoms with Crippen molar-refractivity contribution in [1.29, 1.82) is 0 Å². The summed E-state index contributed by atoms with van der Waals surface area (Å²) in [6, 6.07) is 8.48. The highest BCUT2D eigenvalue weighted by molar-refractivity contribution is 5.87. The smallest absolute Gasteiger partial charge is 0.152 e. The van der Waals surface area contributed by atoms with E-state index in [0.717, 1.165) is 17.5 Å². The van der Waals surface area contributed by atoms with Gasteiger partial charge in [-0.3, -0.25) is 4.79 Å². The number of aromatic nitrogens is 6. The molecule has 0 saturated carbocycles. The van der Waals surface area contributed by atoms with E-state index in [1.54, 1.807) is 36.9 Å². The lowest BCUT2D eigenvalue weighted by Crippen LogP contribution is -2.47. The molecule has 0 bridgehead atoms. The Morgan fingerprint density at radius 3 is 2.52 bits per heavy atom. The van der Waals surface area contributed by atoms with Crippen LogP contribution in [0.3, 0.4) is 0 Å². The molecule has 0 radical (unpaired) electrons. The molecule has 2 aromatic carbocycles. The van der Waals surface area contributed by atoms with Gasteiger partial charge in [-0.25, -0.2) is 4.39 Å². The average Bonchev–Trinajstić information content (AvgIpc) is 3.55. The molecule has 0 spiro atoms. The Morgan fingerprint density at radius 1 is 1.06 bits per heavy atom. The van der Waals surface area contributed by atoms with Crippen LogP contribution >= 0.6 is 0 Å². The fourth-order valence-corrected chi connectivity index (χ4v) is 4.23. The van der Waals surface area contributed by atoms with Gasteiger partial charge in [-0.15, -0.1) is 4.80 Å².